The molecule has 20 heavy (non-hydrogen) atoms. The molecule has 0 amide bonds. The van der Waals surface area contributed by atoms with E-state index in [2.05, 4.69) is 14.5 Å². The number of methoxy groups -OCH3 is 1. The van der Waals surface area contributed by atoms with Crippen LogP contribution < -0.4 is 4.74 Å². The molecule has 0 aromatic carbocycles. The Hall–Kier alpha value is -2.20. The third kappa shape index (κ3) is 3.65. The number of alkyl halides is 6. The number of esters is 1. The molecule has 0 aliphatic heterocycles. The summed E-state index contributed by atoms with van der Waals surface area (Å²) in [6.07, 6.45) is -10.5. The standard InChI is InChI=1S/C9H5F6NO4/c1-19-7(18)5-6(17)3(8(10,11)12)2-4(16-5)20-9(13,14)15/h2,17H,1H3. The molecule has 0 spiro atoms. The summed E-state index contributed by atoms with van der Waals surface area (Å²) in [5.41, 5.74) is -3.26. The molecule has 0 aliphatic carbocycles. The zero-order valence-corrected chi connectivity index (χ0v) is 9.46. The van der Waals surface area contributed by atoms with Gasteiger partial charge in [-0.25, -0.2) is 9.78 Å². The summed E-state index contributed by atoms with van der Waals surface area (Å²) < 4.78 is 80.7. The van der Waals surface area contributed by atoms with Gasteiger partial charge in [-0.05, 0) is 0 Å². The minimum atomic E-state index is -5.32. The van der Waals surface area contributed by atoms with Crippen LogP contribution in [0.1, 0.15) is 16.1 Å². The third-order valence-electron chi connectivity index (χ3n) is 1.87. The van der Waals surface area contributed by atoms with Crippen LogP contribution in [-0.4, -0.2) is 29.5 Å². The van der Waals surface area contributed by atoms with E-state index in [9.17, 15) is 36.2 Å². The van der Waals surface area contributed by atoms with Crippen LogP contribution in [0.5, 0.6) is 11.6 Å². The first kappa shape index (κ1) is 15.9. The van der Waals surface area contributed by atoms with E-state index in [1.807, 2.05) is 0 Å². The van der Waals surface area contributed by atoms with Crippen molar-refractivity contribution >= 4 is 5.97 Å². The molecule has 0 aliphatic rings. The van der Waals surface area contributed by atoms with Crippen molar-refractivity contribution in [3.05, 3.63) is 17.3 Å². The monoisotopic (exact) mass is 305 g/mol. The van der Waals surface area contributed by atoms with Crippen molar-refractivity contribution in [2.24, 2.45) is 0 Å². The highest BCUT2D eigenvalue weighted by molar-refractivity contribution is 5.90. The van der Waals surface area contributed by atoms with Gasteiger partial charge in [0, 0.05) is 6.07 Å². The second-order valence-electron chi connectivity index (χ2n) is 3.24. The fourth-order valence-electron chi connectivity index (χ4n) is 1.14. The first-order valence-corrected chi connectivity index (χ1v) is 4.61. The topological polar surface area (TPSA) is 68.7 Å². The molecule has 0 atom stereocenters. The number of hydrogen-bond donors (Lipinski definition) is 1. The summed E-state index contributed by atoms with van der Waals surface area (Å²) in [7, 11) is 0.744. The third-order valence-corrected chi connectivity index (χ3v) is 1.87. The molecule has 0 saturated heterocycles. The number of ether oxygens (including phenoxy) is 2. The van der Waals surface area contributed by atoms with Crippen LogP contribution in [0.15, 0.2) is 6.07 Å². The molecule has 1 aromatic rings. The Morgan fingerprint density at radius 1 is 1.25 bits per heavy atom. The number of aromatic nitrogens is 1. The number of nitrogens with zero attached hydrogens (tertiary/aromatic N) is 1. The van der Waals surface area contributed by atoms with Gasteiger partial charge in [0.05, 0.1) is 7.11 Å². The normalized spacial score (nSPS) is 12.2. The van der Waals surface area contributed by atoms with Crippen LogP contribution in [-0.2, 0) is 10.9 Å². The Balaban J connectivity index is 3.46. The zero-order chi connectivity index (χ0) is 15.7. The summed E-state index contributed by atoms with van der Waals surface area (Å²) >= 11 is 0. The highest BCUT2D eigenvalue weighted by atomic mass is 19.4. The lowest BCUT2D eigenvalue weighted by Crippen LogP contribution is -2.20. The van der Waals surface area contributed by atoms with Crippen LogP contribution in [0.25, 0.3) is 0 Å². The summed E-state index contributed by atoms with van der Waals surface area (Å²) in [4.78, 5) is 13.9. The molecule has 112 valence electrons. The molecular formula is C9H5F6NO4. The fraction of sp³-hybridized carbons (Fsp3) is 0.333. The van der Waals surface area contributed by atoms with E-state index in [0.29, 0.717) is 0 Å². The second kappa shape index (κ2) is 5.06. The first-order chi connectivity index (χ1) is 8.95. The van der Waals surface area contributed by atoms with Crippen molar-refractivity contribution in [1.29, 1.82) is 0 Å². The Morgan fingerprint density at radius 3 is 2.20 bits per heavy atom. The summed E-state index contributed by atoms with van der Waals surface area (Å²) in [6.45, 7) is 0. The Kier molecular flexibility index (Phi) is 4.01. The number of halogens is 6. The molecule has 1 N–H and O–H groups in total. The van der Waals surface area contributed by atoms with E-state index >= 15 is 0 Å². The van der Waals surface area contributed by atoms with E-state index in [0.717, 1.165) is 7.11 Å². The highest BCUT2D eigenvalue weighted by Gasteiger charge is 2.39. The predicted molar refractivity (Wildman–Crippen MR) is 48.9 cm³/mol. The largest absolute Gasteiger partial charge is 0.574 e. The molecule has 5 nitrogen and oxygen atoms in total. The van der Waals surface area contributed by atoms with Crippen molar-refractivity contribution in [2.45, 2.75) is 12.5 Å². The summed E-state index contributed by atoms with van der Waals surface area (Å²) in [5, 5.41) is 9.23. The van der Waals surface area contributed by atoms with Crippen LogP contribution in [0.4, 0.5) is 26.3 Å². The van der Waals surface area contributed by atoms with E-state index in [-0.39, 0.29) is 6.07 Å². The maximum atomic E-state index is 12.5. The van der Waals surface area contributed by atoms with Crippen molar-refractivity contribution in [3.63, 3.8) is 0 Å². The van der Waals surface area contributed by atoms with Gasteiger partial charge < -0.3 is 14.6 Å². The van der Waals surface area contributed by atoms with Gasteiger partial charge in [-0.1, -0.05) is 0 Å². The molecule has 0 radical (unpaired) electrons. The molecule has 1 rings (SSSR count). The number of hydrogen-bond acceptors (Lipinski definition) is 5. The summed E-state index contributed by atoms with van der Waals surface area (Å²) in [5.74, 6) is -4.76. The molecule has 0 fully saturated rings. The van der Waals surface area contributed by atoms with Gasteiger partial charge in [-0.15, -0.1) is 13.2 Å². The fourth-order valence-corrected chi connectivity index (χ4v) is 1.14. The van der Waals surface area contributed by atoms with Crippen molar-refractivity contribution in [3.8, 4) is 11.6 Å². The van der Waals surface area contributed by atoms with Gasteiger partial charge in [0.2, 0.25) is 5.88 Å². The molecular weight excluding hydrogens is 300 g/mol. The summed E-state index contributed by atoms with van der Waals surface area (Å²) in [6, 6.07) is -0.185. The number of aromatic hydroxyl groups is 1. The molecule has 0 unspecified atom stereocenters. The van der Waals surface area contributed by atoms with Crippen LogP contribution in [0, 0.1) is 0 Å². The number of carbonyl (C=O) groups excluding carboxylic acids is 1. The van der Waals surface area contributed by atoms with Gasteiger partial charge in [0.1, 0.15) is 5.56 Å². The molecule has 0 bridgehead atoms. The van der Waals surface area contributed by atoms with Gasteiger partial charge >= 0.3 is 18.5 Å². The van der Waals surface area contributed by atoms with Gasteiger partial charge in [0.15, 0.2) is 11.4 Å². The van der Waals surface area contributed by atoms with Gasteiger partial charge in [-0.3, -0.25) is 0 Å². The first-order valence-electron chi connectivity index (χ1n) is 4.61. The van der Waals surface area contributed by atoms with Crippen LogP contribution >= 0.6 is 0 Å². The van der Waals surface area contributed by atoms with Crippen molar-refractivity contribution < 1.29 is 45.7 Å². The Morgan fingerprint density at radius 2 is 1.80 bits per heavy atom. The molecule has 0 saturated carbocycles. The lowest BCUT2D eigenvalue weighted by molar-refractivity contribution is -0.276. The lowest BCUT2D eigenvalue weighted by atomic mass is 10.2. The zero-order valence-electron chi connectivity index (χ0n) is 9.46. The van der Waals surface area contributed by atoms with Crippen LogP contribution in [0.3, 0.4) is 0 Å². The minimum absolute atomic E-state index is 0.185. The van der Waals surface area contributed by atoms with E-state index < -0.39 is 41.4 Å². The van der Waals surface area contributed by atoms with Crippen molar-refractivity contribution in [2.75, 3.05) is 7.11 Å². The number of rotatable bonds is 2. The van der Waals surface area contributed by atoms with Gasteiger partial charge in [0.25, 0.3) is 0 Å². The minimum Gasteiger partial charge on any atom is -0.505 e. The van der Waals surface area contributed by atoms with E-state index in [1.165, 1.54) is 0 Å². The quantitative estimate of drug-likeness (QED) is 0.671. The van der Waals surface area contributed by atoms with E-state index in [4.69, 9.17) is 0 Å². The average molecular weight is 305 g/mol. The van der Waals surface area contributed by atoms with Gasteiger partial charge in [-0.2, -0.15) is 13.2 Å². The molecule has 1 aromatic heterocycles. The smallest absolute Gasteiger partial charge is 0.505 e. The Bertz CT molecular complexity index is 524. The number of pyridine rings is 1. The number of carbonyl (C=O) groups is 1. The lowest BCUT2D eigenvalue weighted by Gasteiger charge is -2.14. The highest BCUT2D eigenvalue weighted by Crippen LogP contribution is 2.39. The second-order valence-corrected chi connectivity index (χ2v) is 3.24. The predicted octanol–water partition coefficient (Wildman–Crippen LogP) is 2.49. The maximum Gasteiger partial charge on any atom is 0.574 e. The van der Waals surface area contributed by atoms with Crippen LogP contribution in [0.2, 0.25) is 0 Å². The van der Waals surface area contributed by atoms with E-state index in [1.54, 1.807) is 0 Å². The average Bonchev–Trinajstić information content (AvgIpc) is 2.26. The van der Waals surface area contributed by atoms with Crippen molar-refractivity contribution in [1.82, 2.24) is 4.98 Å². The Labute approximate surface area is 106 Å². The SMILES string of the molecule is COC(=O)c1nc(OC(F)(F)F)cc(C(F)(F)F)c1O. The maximum absolute atomic E-state index is 12.5. The molecule has 1 heterocycles. The molecule has 11 heteroatoms.